The van der Waals surface area contributed by atoms with Crippen LogP contribution in [-0.2, 0) is 38.2 Å². The minimum atomic E-state index is -1.34. The third-order valence-corrected chi connectivity index (χ3v) is 9.41. The van der Waals surface area contributed by atoms with Crippen LogP contribution >= 0.6 is 0 Å². The molecule has 0 bridgehead atoms. The predicted octanol–water partition coefficient (Wildman–Crippen LogP) is 3.10. The van der Waals surface area contributed by atoms with Crippen LogP contribution in [0.1, 0.15) is 51.7 Å². The van der Waals surface area contributed by atoms with Crippen LogP contribution < -0.4 is 0 Å². The van der Waals surface area contributed by atoms with Crippen molar-refractivity contribution in [2.75, 3.05) is 11.5 Å². The molecule has 0 saturated carbocycles. The van der Waals surface area contributed by atoms with Crippen molar-refractivity contribution in [1.29, 1.82) is 0 Å². The molecule has 1 aliphatic heterocycles. The molecule has 0 radical (unpaired) electrons. The number of carbonyl (C=O) groups is 1. The zero-order valence-corrected chi connectivity index (χ0v) is 16.0. The van der Waals surface area contributed by atoms with Gasteiger partial charge >= 0.3 is 0 Å². The molecule has 2 atom stereocenters. The van der Waals surface area contributed by atoms with E-state index in [1.165, 1.54) is 5.56 Å². The van der Waals surface area contributed by atoms with E-state index in [0.29, 0.717) is 24.3 Å². The van der Waals surface area contributed by atoms with Crippen molar-refractivity contribution < 1.29 is 13.2 Å². The Hall–Kier alpha value is -0.810. The lowest BCUT2D eigenvalue weighted by Gasteiger charge is -2.33. The van der Waals surface area contributed by atoms with E-state index in [2.05, 4.69) is 20.8 Å². The van der Waals surface area contributed by atoms with Crippen molar-refractivity contribution in [2.45, 2.75) is 56.5 Å². The summed E-state index contributed by atoms with van der Waals surface area (Å²) in [4.78, 5) is 12.8. The van der Waals surface area contributed by atoms with Crippen LogP contribution in [0.3, 0.4) is 0 Å². The zero-order chi connectivity index (χ0) is 17.3. The number of hydrogen-bond donors (Lipinski definition) is 0. The maximum absolute atomic E-state index is 12.8. The van der Waals surface area contributed by atoms with E-state index in [-0.39, 0.29) is 17.6 Å². The number of hydrogen-bond acceptors (Lipinski definition) is 3. The summed E-state index contributed by atoms with van der Waals surface area (Å²) in [5.41, 5.74) is 2.18. The summed E-state index contributed by atoms with van der Waals surface area (Å²) in [5.74, 6) is 0.822. The molecule has 2 rings (SSSR count). The van der Waals surface area contributed by atoms with Gasteiger partial charge in [-0.15, -0.1) is 0 Å². The van der Waals surface area contributed by atoms with E-state index in [1.54, 1.807) is 0 Å². The fraction of sp³-hybridized carbons (Fsp3) is 0.611. The number of benzene rings is 1. The van der Waals surface area contributed by atoms with Crippen LogP contribution in [0.2, 0.25) is 0 Å². The molecule has 0 aromatic heterocycles. The highest BCUT2D eigenvalue weighted by Crippen LogP contribution is 2.32. The van der Waals surface area contributed by atoms with E-state index in [1.807, 2.05) is 31.2 Å². The summed E-state index contributed by atoms with van der Waals surface area (Å²) in [6.45, 7) is 8.26. The first-order chi connectivity index (χ1) is 10.7. The fourth-order valence-corrected chi connectivity index (χ4v) is 7.25. The second-order valence-electron chi connectivity index (χ2n) is 7.11. The Labute approximate surface area is 144 Å². The van der Waals surface area contributed by atoms with Crippen molar-refractivity contribution in [3.63, 3.8) is 0 Å². The molecule has 3 nitrogen and oxygen atoms in total. The number of ketones is 1. The van der Waals surface area contributed by atoms with E-state index >= 15 is 0 Å². The van der Waals surface area contributed by atoms with Gasteiger partial charge in [0.15, 0.2) is 9.86 Å². The van der Waals surface area contributed by atoms with Gasteiger partial charge in [0.1, 0.15) is 0 Å². The molecule has 1 fully saturated rings. The number of carbonyl (C=O) groups excluding carboxylic acids is 1. The first kappa shape index (κ1) is 18.5. The molecule has 0 amide bonds. The molecule has 0 spiro atoms. The summed E-state index contributed by atoms with van der Waals surface area (Å²) < 4.78 is 23.8. The fourth-order valence-electron chi connectivity index (χ4n) is 2.97. The Morgan fingerprint density at radius 3 is 2.04 bits per heavy atom. The summed E-state index contributed by atoms with van der Waals surface area (Å²) in [5, 5.41) is 0. The predicted molar refractivity (Wildman–Crippen MR) is 97.5 cm³/mol. The molecule has 0 N–H and O–H groups in total. The lowest BCUT2D eigenvalue weighted by molar-refractivity contribution is -0.118. The molecule has 128 valence electrons. The van der Waals surface area contributed by atoms with Gasteiger partial charge in [-0.1, -0.05) is 52.0 Å². The standard InChI is InChI=1S/C18H26O3S2/c1-5-18(22(20)11-6-12-23(18)21)16(19)13-14-7-9-15(10-8-14)17(2,3)4/h7-10H,5-6,11-13H2,1-4H3/t22-,23-/m1/s1. The molecule has 5 heteroatoms. The molecule has 1 saturated heterocycles. The average molecular weight is 355 g/mol. The van der Waals surface area contributed by atoms with Gasteiger partial charge in [-0.3, -0.25) is 13.2 Å². The third kappa shape index (κ3) is 3.66. The van der Waals surface area contributed by atoms with Crippen molar-refractivity contribution in [2.24, 2.45) is 0 Å². The van der Waals surface area contributed by atoms with Gasteiger partial charge in [0, 0.05) is 39.5 Å². The number of Topliss-reactive ketones (excluding diaryl/α,β-unsaturated/α-hetero) is 1. The topological polar surface area (TPSA) is 51.2 Å². The largest absolute Gasteiger partial charge is 0.297 e. The smallest absolute Gasteiger partial charge is 0.178 e. The van der Waals surface area contributed by atoms with Gasteiger partial charge in [0.25, 0.3) is 0 Å². The maximum atomic E-state index is 12.8. The minimum Gasteiger partial charge on any atom is -0.297 e. The van der Waals surface area contributed by atoms with Crippen LogP contribution in [0.5, 0.6) is 0 Å². The van der Waals surface area contributed by atoms with Crippen LogP contribution in [0, 0.1) is 0 Å². The van der Waals surface area contributed by atoms with Crippen LogP contribution in [0.15, 0.2) is 24.3 Å². The molecular formula is C18H26O3S2. The molecule has 1 aromatic carbocycles. The van der Waals surface area contributed by atoms with Gasteiger partial charge in [-0.25, -0.2) is 0 Å². The Morgan fingerprint density at radius 2 is 1.61 bits per heavy atom. The van der Waals surface area contributed by atoms with Crippen molar-refractivity contribution in [3.8, 4) is 0 Å². The zero-order valence-electron chi connectivity index (χ0n) is 14.4. The molecule has 0 unspecified atom stereocenters. The van der Waals surface area contributed by atoms with Crippen molar-refractivity contribution in [1.82, 2.24) is 0 Å². The van der Waals surface area contributed by atoms with Crippen LogP contribution in [-0.4, -0.2) is 29.8 Å². The maximum Gasteiger partial charge on any atom is 0.178 e. The van der Waals surface area contributed by atoms with Gasteiger partial charge in [0.2, 0.25) is 0 Å². The quantitative estimate of drug-likeness (QED) is 0.835. The molecule has 0 aliphatic carbocycles. The van der Waals surface area contributed by atoms with E-state index in [9.17, 15) is 13.2 Å². The second kappa shape index (κ2) is 6.98. The normalized spacial score (nSPS) is 24.3. The molecule has 23 heavy (non-hydrogen) atoms. The highest BCUT2D eigenvalue weighted by atomic mass is 32.2. The molecule has 1 heterocycles. The Kier molecular flexibility index (Phi) is 5.62. The lowest BCUT2D eigenvalue weighted by atomic mass is 9.86. The lowest BCUT2D eigenvalue weighted by Crippen LogP contribution is -2.51. The van der Waals surface area contributed by atoms with Crippen LogP contribution in [0.25, 0.3) is 0 Å². The van der Waals surface area contributed by atoms with E-state index in [0.717, 1.165) is 5.56 Å². The van der Waals surface area contributed by atoms with Gasteiger partial charge in [0.05, 0.1) is 0 Å². The first-order valence-corrected chi connectivity index (χ1v) is 10.8. The molecular weight excluding hydrogens is 328 g/mol. The number of rotatable bonds is 4. The molecule has 1 aliphatic rings. The van der Waals surface area contributed by atoms with Crippen molar-refractivity contribution in [3.05, 3.63) is 35.4 Å². The summed E-state index contributed by atoms with van der Waals surface area (Å²) in [7, 11) is -2.68. The summed E-state index contributed by atoms with van der Waals surface area (Å²) >= 11 is 0. The summed E-state index contributed by atoms with van der Waals surface area (Å²) in [6, 6.07) is 7.99. The van der Waals surface area contributed by atoms with Gasteiger partial charge in [-0.2, -0.15) is 0 Å². The average Bonchev–Trinajstić information content (AvgIpc) is 2.47. The Balaban J connectivity index is 2.23. The molecule has 1 aromatic rings. The Bertz CT molecular complexity index is 611. The first-order valence-electron chi connectivity index (χ1n) is 8.11. The summed E-state index contributed by atoms with van der Waals surface area (Å²) in [6.07, 6.45) is 1.26. The van der Waals surface area contributed by atoms with E-state index in [4.69, 9.17) is 0 Å². The Morgan fingerprint density at radius 1 is 1.09 bits per heavy atom. The second-order valence-corrected chi connectivity index (χ2v) is 11.0. The highest BCUT2D eigenvalue weighted by molar-refractivity contribution is 8.06. The highest BCUT2D eigenvalue weighted by Gasteiger charge is 2.49. The third-order valence-electron chi connectivity index (χ3n) is 4.47. The minimum absolute atomic E-state index is 0.0690. The van der Waals surface area contributed by atoms with Crippen LogP contribution in [0.4, 0.5) is 0 Å². The van der Waals surface area contributed by atoms with Crippen molar-refractivity contribution >= 4 is 27.4 Å². The SMILES string of the molecule is CCC1(C(=O)Cc2ccc(C(C)(C)C)cc2)[S@](=O)CCC[S@]1=O. The van der Waals surface area contributed by atoms with E-state index < -0.39 is 25.7 Å². The monoisotopic (exact) mass is 354 g/mol. The van der Waals surface area contributed by atoms with Gasteiger partial charge in [-0.05, 0) is 29.4 Å². The van der Waals surface area contributed by atoms with Gasteiger partial charge < -0.3 is 0 Å².